The zero-order chi connectivity index (χ0) is 14.5. The van der Waals surface area contributed by atoms with Gasteiger partial charge in [-0.1, -0.05) is 37.3 Å². The first-order chi connectivity index (χ1) is 10.3. The first-order valence-corrected chi connectivity index (χ1v) is 8.59. The van der Waals surface area contributed by atoms with Gasteiger partial charge in [-0.2, -0.15) is 0 Å². The van der Waals surface area contributed by atoms with Crippen molar-refractivity contribution in [3.05, 3.63) is 35.9 Å². The molecule has 2 saturated heterocycles. The largest absolute Gasteiger partial charge is 0.313 e. The average Bonchev–Trinajstić information content (AvgIpc) is 3.17. The van der Waals surface area contributed by atoms with E-state index in [1.54, 1.807) is 0 Å². The van der Waals surface area contributed by atoms with Crippen molar-refractivity contribution in [1.82, 2.24) is 15.1 Å². The minimum absolute atomic E-state index is 0.730. The second-order valence-electron chi connectivity index (χ2n) is 6.54. The molecule has 0 bridgehead atoms. The summed E-state index contributed by atoms with van der Waals surface area (Å²) in [6.07, 6.45) is 4.04. The van der Waals surface area contributed by atoms with Crippen molar-refractivity contribution >= 4 is 0 Å². The number of nitrogens with zero attached hydrogens (tertiary/aromatic N) is 2. The Morgan fingerprint density at radius 3 is 2.81 bits per heavy atom. The molecule has 1 aromatic carbocycles. The number of hydrogen-bond acceptors (Lipinski definition) is 3. The van der Waals surface area contributed by atoms with E-state index in [2.05, 4.69) is 52.4 Å². The van der Waals surface area contributed by atoms with Crippen molar-refractivity contribution in [2.45, 2.75) is 44.8 Å². The number of hydrogen-bond donors (Lipinski definition) is 1. The van der Waals surface area contributed by atoms with Crippen molar-refractivity contribution in [2.24, 2.45) is 0 Å². The first kappa shape index (κ1) is 15.0. The van der Waals surface area contributed by atoms with Gasteiger partial charge in [0.05, 0.1) is 0 Å². The van der Waals surface area contributed by atoms with Crippen molar-refractivity contribution in [3.8, 4) is 0 Å². The molecule has 2 aliphatic heterocycles. The van der Waals surface area contributed by atoms with Gasteiger partial charge in [-0.3, -0.25) is 9.80 Å². The first-order valence-electron chi connectivity index (χ1n) is 8.59. The maximum atomic E-state index is 3.64. The molecule has 0 spiro atoms. The van der Waals surface area contributed by atoms with Gasteiger partial charge in [0.25, 0.3) is 0 Å². The second kappa shape index (κ2) is 7.39. The van der Waals surface area contributed by atoms with Gasteiger partial charge in [0.2, 0.25) is 0 Å². The fourth-order valence-corrected chi connectivity index (χ4v) is 3.83. The Morgan fingerprint density at radius 2 is 2.10 bits per heavy atom. The Labute approximate surface area is 129 Å². The molecule has 0 aliphatic carbocycles. The van der Waals surface area contributed by atoms with Crippen LogP contribution in [0, 0.1) is 0 Å². The summed E-state index contributed by atoms with van der Waals surface area (Å²) in [7, 11) is 0. The lowest BCUT2D eigenvalue weighted by molar-refractivity contribution is 0.184. The van der Waals surface area contributed by atoms with Crippen molar-refractivity contribution in [1.29, 1.82) is 0 Å². The summed E-state index contributed by atoms with van der Waals surface area (Å²) in [5, 5.41) is 3.64. The molecule has 2 unspecified atom stereocenters. The number of benzene rings is 1. The third-order valence-electron chi connectivity index (χ3n) is 5.04. The van der Waals surface area contributed by atoms with Crippen LogP contribution in [0.3, 0.4) is 0 Å². The number of nitrogens with one attached hydrogen (secondary N) is 1. The lowest BCUT2D eigenvalue weighted by Crippen LogP contribution is -2.44. The van der Waals surface area contributed by atoms with Gasteiger partial charge in [-0.15, -0.1) is 0 Å². The molecular formula is C18H29N3. The Kier molecular flexibility index (Phi) is 5.28. The lowest BCUT2D eigenvalue weighted by Gasteiger charge is -2.30. The molecule has 1 N–H and O–H groups in total. The van der Waals surface area contributed by atoms with E-state index in [1.807, 2.05) is 0 Å². The predicted octanol–water partition coefficient (Wildman–Crippen LogP) is 2.33. The summed E-state index contributed by atoms with van der Waals surface area (Å²) >= 11 is 0. The molecule has 21 heavy (non-hydrogen) atoms. The van der Waals surface area contributed by atoms with Crippen LogP contribution in [0.25, 0.3) is 0 Å². The van der Waals surface area contributed by atoms with Crippen molar-refractivity contribution in [3.63, 3.8) is 0 Å². The minimum Gasteiger partial charge on any atom is -0.313 e. The van der Waals surface area contributed by atoms with Gasteiger partial charge >= 0.3 is 0 Å². The number of rotatable bonds is 6. The Bertz CT molecular complexity index is 414. The number of likely N-dealkylation sites (N-methyl/N-ethyl adjacent to an activating group) is 1. The molecule has 1 aromatic rings. The van der Waals surface area contributed by atoms with Crippen molar-refractivity contribution in [2.75, 3.05) is 32.7 Å². The van der Waals surface area contributed by atoms with Crippen LogP contribution in [0.15, 0.2) is 30.3 Å². The summed E-state index contributed by atoms with van der Waals surface area (Å²) in [6.45, 7) is 9.53. The number of likely N-dealkylation sites (tertiary alicyclic amines) is 1. The Hall–Kier alpha value is -0.900. The molecule has 0 saturated carbocycles. The fourth-order valence-electron chi connectivity index (χ4n) is 3.83. The molecule has 2 heterocycles. The molecule has 2 aliphatic rings. The zero-order valence-corrected chi connectivity index (χ0v) is 13.3. The normalized spacial score (nSPS) is 26.8. The summed E-state index contributed by atoms with van der Waals surface area (Å²) in [4.78, 5) is 5.32. The molecule has 3 heteroatoms. The van der Waals surface area contributed by atoms with E-state index >= 15 is 0 Å². The van der Waals surface area contributed by atoms with Gasteiger partial charge < -0.3 is 5.32 Å². The molecule has 116 valence electrons. The minimum atomic E-state index is 0.730. The van der Waals surface area contributed by atoms with Crippen LogP contribution in [0.2, 0.25) is 0 Å². The quantitative estimate of drug-likeness (QED) is 0.866. The molecule has 2 atom stereocenters. The van der Waals surface area contributed by atoms with Gasteiger partial charge in [-0.25, -0.2) is 0 Å². The Balaban J connectivity index is 1.50. The van der Waals surface area contributed by atoms with Crippen LogP contribution in [0.1, 0.15) is 31.7 Å². The molecule has 3 rings (SSSR count). The molecule has 0 aromatic heterocycles. The maximum absolute atomic E-state index is 3.64. The van der Waals surface area contributed by atoms with E-state index in [9.17, 15) is 0 Å². The summed E-state index contributed by atoms with van der Waals surface area (Å²) in [5.41, 5.74) is 1.44. The topological polar surface area (TPSA) is 18.5 Å². The zero-order valence-electron chi connectivity index (χ0n) is 13.3. The van der Waals surface area contributed by atoms with E-state index in [0.717, 1.165) is 18.6 Å². The van der Waals surface area contributed by atoms with Gasteiger partial charge in [0, 0.05) is 38.3 Å². The highest BCUT2D eigenvalue weighted by Gasteiger charge is 2.28. The van der Waals surface area contributed by atoms with Gasteiger partial charge in [-0.05, 0) is 37.9 Å². The maximum Gasteiger partial charge on any atom is 0.0236 e. The third kappa shape index (κ3) is 4.06. The highest BCUT2D eigenvalue weighted by Crippen LogP contribution is 2.19. The molecule has 3 nitrogen and oxygen atoms in total. The molecule has 2 fully saturated rings. The van der Waals surface area contributed by atoms with Gasteiger partial charge in [0.1, 0.15) is 0 Å². The average molecular weight is 287 g/mol. The van der Waals surface area contributed by atoms with Gasteiger partial charge in [0.15, 0.2) is 0 Å². The standard InChI is InChI=1S/C18H29N3/c1-2-21(14-17-9-6-11-19-17)18-10-12-20(15-18)13-16-7-4-3-5-8-16/h3-5,7-8,17-19H,2,6,9-15H2,1H3. The SMILES string of the molecule is CCN(CC1CCCN1)C1CCN(Cc2ccccc2)C1. The molecule has 0 amide bonds. The van der Waals surface area contributed by atoms with Crippen LogP contribution in [-0.4, -0.2) is 54.6 Å². The smallest absolute Gasteiger partial charge is 0.0236 e. The third-order valence-corrected chi connectivity index (χ3v) is 5.04. The molecule has 0 radical (unpaired) electrons. The van der Waals surface area contributed by atoms with E-state index in [1.165, 1.54) is 57.5 Å². The summed E-state index contributed by atoms with van der Waals surface area (Å²) in [5.74, 6) is 0. The fraction of sp³-hybridized carbons (Fsp3) is 0.667. The van der Waals surface area contributed by atoms with E-state index in [0.29, 0.717) is 0 Å². The van der Waals surface area contributed by atoms with Crippen LogP contribution >= 0.6 is 0 Å². The highest BCUT2D eigenvalue weighted by atomic mass is 15.3. The summed E-state index contributed by atoms with van der Waals surface area (Å²) < 4.78 is 0. The second-order valence-corrected chi connectivity index (χ2v) is 6.54. The monoisotopic (exact) mass is 287 g/mol. The van der Waals surface area contributed by atoms with E-state index in [-0.39, 0.29) is 0 Å². The lowest BCUT2D eigenvalue weighted by atomic mass is 10.1. The van der Waals surface area contributed by atoms with Crippen LogP contribution in [-0.2, 0) is 6.54 Å². The Morgan fingerprint density at radius 1 is 1.24 bits per heavy atom. The van der Waals surface area contributed by atoms with Crippen LogP contribution in [0.4, 0.5) is 0 Å². The van der Waals surface area contributed by atoms with Crippen LogP contribution in [0.5, 0.6) is 0 Å². The van der Waals surface area contributed by atoms with Crippen molar-refractivity contribution < 1.29 is 0 Å². The van der Waals surface area contributed by atoms with E-state index < -0.39 is 0 Å². The summed E-state index contributed by atoms with van der Waals surface area (Å²) in [6, 6.07) is 12.4. The highest BCUT2D eigenvalue weighted by molar-refractivity contribution is 5.14. The van der Waals surface area contributed by atoms with Crippen LogP contribution < -0.4 is 5.32 Å². The molecular weight excluding hydrogens is 258 g/mol. The van der Waals surface area contributed by atoms with E-state index in [4.69, 9.17) is 0 Å². The predicted molar refractivity (Wildman–Crippen MR) is 88.4 cm³/mol.